The Kier molecular flexibility index (Phi) is 3.77. The third-order valence-corrected chi connectivity index (χ3v) is 2.86. The Bertz CT molecular complexity index is 498. The first kappa shape index (κ1) is 13.4. The number of alkyl carbamates (subject to hydrolysis) is 1. The predicted octanol–water partition coefficient (Wildman–Crippen LogP) is 1.43. The van der Waals surface area contributed by atoms with Crippen LogP contribution >= 0.6 is 0 Å². The van der Waals surface area contributed by atoms with Crippen LogP contribution in [0.25, 0.3) is 0 Å². The second-order valence-corrected chi connectivity index (χ2v) is 4.13. The summed E-state index contributed by atoms with van der Waals surface area (Å²) in [6.07, 6.45) is -0.0551. The van der Waals surface area contributed by atoms with Crippen LogP contribution in [0.5, 0.6) is 0 Å². The van der Waals surface area contributed by atoms with E-state index in [1.807, 2.05) is 0 Å². The quantitative estimate of drug-likeness (QED) is 0.830. The number of nitrogens with one attached hydrogen (secondary N) is 1. The third-order valence-electron chi connectivity index (χ3n) is 2.86. The fraction of sp³-hybridized carbons (Fsp3) is 0.455. The number of nitrogens with zero attached hydrogens (tertiary/aromatic N) is 2. The van der Waals surface area contributed by atoms with Gasteiger partial charge in [0.25, 0.3) is 5.95 Å². The number of ether oxygens (including phenoxy) is 1. The van der Waals surface area contributed by atoms with Gasteiger partial charge >= 0.3 is 6.09 Å². The van der Waals surface area contributed by atoms with Crippen molar-refractivity contribution in [1.82, 2.24) is 10.3 Å². The summed E-state index contributed by atoms with van der Waals surface area (Å²) in [5, 5.41) is 2.55. The average Bonchev–Trinajstić information content (AvgIpc) is 2.82. The molecule has 1 amide bonds. The van der Waals surface area contributed by atoms with Crippen LogP contribution in [0.15, 0.2) is 6.07 Å². The number of carbonyl (C=O) groups excluding carboxylic acids is 1. The maximum Gasteiger partial charge on any atom is 0.407 e. The molecule has 0 aliphatic carbocycles. The van der Waals surface area contributed by atoms with Crippen LogP contribution in [0.4, 0.5) is 23.8 Å². The minimum Gasteiger partial charge on any atom is -0.453 e. The minimum absolute atomic E-state index is 0.248. The third kappa shape index (κ3) is 2.88. The van der Waals surface area contributed by atoms with Gasteiger partial charge in [-0.2, -0.15) is 9.37 Å². The Morgan fingerprint density at radius 1 is 1.47 bits per heavy atom. The number of hydrogen-bond donors (Lipinski definition) is 1. The fourth-order valence-electron chi connectivity index (χ4n) is 1.95. The number of rotatable bonds is 2. The maximum absolute atomic E-state index is 13.5. The molecule has 8 heteroatoms. The number of methoxy groups -OCH3 is 1. The van der Waals surface area contributed by atoms with E-state index in [2.05, 4.69) is 15.0 Å². The molecule has 1 aliphatic rings. The predicted molar refractivity (Wildman–Crippen MR) is 60.3 cm³/mol. The molecular formula is C11H12F3N3O2. The van der Waals surface area contributed by atoms with Gasteiger partial charge in [0.15, 0.2) is 17.5 Å². The molecule has 5 nitrogen and oxygen atoms in total. The van der Waals surface area contributed by atoms with Crippen molar-refractivity contribution < 1.29 is 22.7 Å². The van der Waals surface area contributed by atoms with Crippen LogP contribution in [0.1, 0.15) is 6.42 Å². The molecular weight excluding hydrogens is 263 g/mol. The van der Waals surface area contributed by atoms with E-state index < -0.39 is 23.7 Å². The summed E-state index contributed by atoms with van der Waals surface area (Å²) in [5.74, 6) is -3.86. The summed E-state index contributed by atoms with van der Waals surface area (Å²) < 4.78 is 43.7. The van der Waals surface area contributed by atoms with Crippen LogP contribution in [-0.2, 0) is 4.74 Å². The molecule has 1 N–H and O–H groups in total. The SMILES string of the molecule is COC(=O)NC1CCN(c2nc(F)c(F)cc2F)C1. The van der Waals surface area contributed by atoms with Gasteiger partial charge < -0.3 is 15.0 Å². The lowest BCUT2D eigenvalue weighted by molar-refractivity contribution is 0.167. The lowest BCUT2D eigenvalue weighted by Gasteiger charge is -2.18. The van der Waals surface area contributed by atoms with Gasteiger partial charge in [-0.3, -0.25) is 0 Å². The smallest absolute Gasteiger partial charge is 0.407 e. The Morgan fingerprint density at radius 2 is 2.21 bits per heavy atom. The molecule has 1 saturated heterocycles. The molecule has 1 fully saturated rings. The molecule has 0 saturated carbocycles. The highest BCUT2D eigenvalue weighted by atomic mass is 19.2. The van der Waals surface area contributed by atoms with Crippen LogP contribution in [0.2, 0.25) is 0 Å². The van der Waals surface area contributed by atoms with E-state index >= 15 is 0 Å². The molecule has 0 aromatic carbocycles. The Balaban J connectivity index is 2.08. The van der Waals surface area contributed by atoms with E-state index in [1.54, 1.807) is 0 Å². The molecule has 1 atom stereocenters. The molecule has 1 aliphatic heterocycles. The summed E-state index contributed by atoms with van der Waals surface area (Å²) in [6.45, 7) is 0.633. The molecule has 1 unspecified atom stereocenters. The summed E-state index contributed by atoms with van der Waals surface area (Å²) in [7, 11) is 1.23. The van der Waals surface area contributed by atoms with Gasteiger partial charge in [-0.05, 0) is 6.42 Å². The van der Waals surface area contributed by atoms with Crippen LogP contribution in [0.3, 0.4) is 0 Å². The van der Waals surface area contributed by atoms with E-state index in [1.165, 1.54) is 12.0 Å². The van der Waals surface area contributed by atoms with Gasteiger partial charge in [-0.25, -0.2) is 13.6 Å². The number of carbonyl (C=O) groups is 1. The molecule has 19 heavy (non-hydrogen) atoms. The highest BCUT2D eigenvalue weighted by Gasteiger charge is 2.27. The topological polar surface area (TPSA) is 54.5 Å². The van der Waals surface area contributed by atoms with E-state index in [0.29, 0.717) is 19.0 Å². The number of hydrogen-bond acceptors (Lipinski definition) is 4. The zero-order valence-corrected chi connectivity index (χ0v) is 10.1. The van der Waals surface area contributed by atoms with Crippen molar-refractivity contribution in [3.05, 3.63) is 23.6 Å². The van der Waals surface area contributed by atoms with Gasteiger partial charge in [0.1, 0.15) is 0 Å². The van der Waals surface area contributed by atoms with Gasteiger partial charge in [0.05, 0.1) is 13.2 Å². The second-order valence-electron chi connectivity index (χ2n) is 4.13. The molecule has 1 aromatic heterocycles. The van der Waals surface area contributed by atoms with Gasteiger partial charge in [0.2, 0.25) is 0 Å². The molecule has 2 heterocycles. The Labute approximate surface area is 107 Å². The van der Waals surface area contributed by atoms with Crippen LogP contribution in [0, 0.1) is 17.6 Å². The normalized spacial score (nSPS) is 18.5. The summed E-state index contributed by atoms with van der Waals surface area (Å²) in [4.78, 5) is 15.7. The summed E-state index contributed by atoms with van der Waals surface area (Å²) >= 11 is 0. The van der Waals surface area contributed by atoms with Crippen molar-refractivity contribution >= 4 is 11.9 Å². The number of pyridine rings is 1. The van der Waals surface area contributed by atoms with E-state index in [-0.39, 0.29) is 18.4 Å². The van der Waals surface area contributed by atoms with E-state index in [9.17, 15) is 18.0 Å². The molecule has 0 radical (unpaired) electrons. The summed E-state index contributed by atoms with van der Waals surface area (Å²) in [5.41, 5.74) is 0. The standard InChI is InChI=1S/C11H12F3N3O2/c1-19-11(18)15-6-2-3-17(5-6)10-8(13)4-7(12)9(14)16-10/h4,6H,2-3,5H2,1H3,(H,15,18). The minimum atomic E-state index is -1.35. The van der Waals surface area contributed by atoms with Crippen LogP contribution in [-0.4, -0.2) is 37.3 Å². The molecule has 104 valence electrons. The first-order valence-electron chi connectivity index (χ1n) is 5.62. The van der Waals surface area contributed by atoms with Crippen molar-refractivity contribution in [1.29, 1.82) is 0 Å². The molecule has 0 bridgehead atoms. The molecule has 2 rings (SSSR count). The molecule has 0 spiro atoms. The fourth-order valence-corrected chi connectivity index (χ4v) is 1.95. The monoisotopic (exact) mass is 275 g/mol. The first-order valence-corrected chi connectivity index (χ1v) is 5.62. The number of anilines is 1. The Hall–Kier alpha value is -1.99. The highest BCUT2D eigenvalue weighted by Crippen LogP contribution is 2.23. The van der Waals surface area contributed by atoms with Crippen molar-refractivity contribution in [2.45, 2.75) is 12.5 Å². The number of halogens is 3. The largest absolute Gasteiger partial charge is 0.453 e. The second kappa shape index (κ2) is 5.33. The lowest BCUT2D eigenvalue weighted by atomic mass is 10.3. The first-order chi connectivity index (χ1) is 9.01. The number of aromatic nitrogens is 1. The van der Waals surface area contributed by atoms with Gasteiger partial charge in [0, 0.05) is 19.2 Å². The lowest BCUT2D eigenvalue weighted by Crippen LogP contribution is -2.37. The van der Waals surface area contributed by atoms with Gasteiger partial charge in [-0.15, -0.1) is 0 Å². The zero-order valence-electron chi connectivity index (χ0n) is 10.1. The zero-order chi connectivity index (χ0) is 14.0. The van der Waals surface area contributed by atoms with Crippen molar-refractivity contribution in [2.24, 2.45) is 0 Å². The van der Waals surface area contributed by atoms with Crippen molar-refractivity contribution in [3.63, 3.8) is 0 Å². The van der Waals surface area contributed by atoms with E-state index in [4.69, 9.17) is 0 Å². The van der Waals surface area contributed by atoms with E-state index in [0.717, 1.165) is 0 Å². The average molecular weight is 275 g/mol. The highest BCUT2D eigenvalue weighted by molar-refractivity contribution is 5.67. The number of amides is 1. The maximum atomic E-state index is 13.5. The van der Waals surface area contributed by atoms with Crippen LogP contribution < -0.4 is 10.2 Å². The summed E-state index contributed by atoms with van der Waals surface area (Å²) in [6, 6.07) is 0.209. The van der Waals surface area contributed by atoms with Gasteiger partial charge in [-0.1, -0.05) is 0 Å². The molecule has 1 aromatic rings. The van der Waals surface area contributed by atoms with Crippen molar-refractivity contribution in [2.75, 3.05) is 25.1 Å². The van der Waals surface area contributed by atoms with Crippen molar-refractivity contribution in [3.8, 4) is 0 Å². The Morgan fingerprint density at radius 3 is 2.89 bits per heavy atom.